The number of carbonyl (C=O) groups is 3. The van der Waals surface area contributed by atoms with E-state index in [4.69, 9.17) is 14.6 Å². The average Bonchev–Trinajstić information content (AvgIpc) is 3.48. The van der Waals surface area contributed by atoms with Crippen molar-refractivity contribution in [3.63, 3.8) is 0 Å². The molecule has 7 heteroatoms. The summed E-state index contributed by atoms with van der Waals surface area (Å²) in [5.74, 6) is 0.675. The molecule has 168 valence electrons. The number of rotatable bonds is 2. The molecule has 0 radical (unpaired) electrons. The normalized spacial score (nSPS) is 27.7. The van der Waals surface area contributed by atoms with Gasteiger partial charge in [0, 0.05) is 31.5 Å². The summed E-state index contributed by atoms with van der Waals surface area (Å²) in [5, 5.41) is 6.89. The number of amides is 2. The Hall–Kier alpha value is -2.41. The number of hydrogen-bond acceptors (Lipinski definition) is 4. The molecule has 0 bridgehead atoms. The molecule has 0 unspecified atom stereocenters. The van der Waals surface area contributed by atoms with Crippen molar-refractivity contribution in [2.45, 2.75) is 57.1 Å². The van der Waals surface area contributed by atoms with Gasteiger partial charge in [-0.3, -0.25) is 14.4 Å². The SMILES string of the molecule is O=C([C@H]1CC[C@H]2OCCN(C(=O)C3Cc4ccccc4C3)[C@@H]2C1)N1CCCC1.O=CO. The van der Waals surface area contributed by atoms with Gasteiger partial charge in [-0.1, -0.05) is 24.3 Å². The third-order valence-corrected chi connectivity index (χ3v) is 7.27. The van der Waals surface area contributed by atoms with E-state index in [0.29, 0.717) is 19.1 Å². The van der Waals surface area contributed by atoms with Gasteiger partial charge in [-0.25, -0.2) is 0 Å². The van der Waals surface area contributed by atoms with Crippen molar-refractivity contribution in [1.29, 1.82) is 0 Å². The lowest BCUT2D eigenvalue weighted by atomic mass is 9.81. The van der Waals surface area contributed by atoms with Crippen LogP contribution in [0, 0.1) is 11.8 Å². The molecule has 2 heterocycles. The number of morpholine rings is 1. The zero-order valence-corrected chi connectivity index (χ0v) is 17.9. The molecule has 0 aromatic heterocycles. The van der Waals surface area contributed by atoms with Crippen LogP contribution in [0.1, 0.15) is 43.2 Å². The minimum absolute atomic E-state index is 0.0470. The summed E-state index contributed by atoms with van der Waals surface area (Å²) in [6, 6.07) is 8.49. The Kier molecular flexibility index (Phi) is 6.90. The van der Waals surface area contributed by atoms with E-state index in [-0.39, 0.29) is 36.4 Å². The Bertz CT molecular complexity index is 782. The highest BCUT2D eigenvalue weighted by atomic mass is 16.5. The number of benzene rings is 1. The maximum Gasteiger partial charge on any atom is 0.290 e. The summed E-state index contributed by atoms with van der Waals surface area (Å²) in [4.78, 5) is 38.8. The number of hydrogen-bond donors (Lipinski definition) is 1. The van der Waals surface area contributed by atoms with Crippen LogP contribution in [0.25, 0.3) is 0 Å². The minimum atomic E-state index is -0.250. The van der Waals surface area contributed by atoms with Crippen molar-refractivity contribution in [3.05, 3.63) is 35.4 Å². The molecule has 3 fully saturated rings. The van der Waals surface area contributed by atoms with Gasteiger partial charge in [-0.05, 0) is 56.1 Å². The molecule has 2 aliphatic heterocycles. The smallest absolute Gasteiger partial charge is 0.290 e. The summed E-state index contributed by atoms with van der Waals surface area (Å²) in [6.45, 7) is 2.85. The Morgan fingerprint density at radius 1 is 0.968 bits per heavy atom. The molecule has 31 heavy (non-hydrogen) atoms. The second-order valence-electron chi connectivity index (χ2n) is 9.03. The van der Waals surface area contributed by atoms with Crippen molar-refractivity contribution in [3.8, 4) is 0 Å². The summed E-state index contributed by atoms with van der Waals surface area (Å²) < 4.78 is 6.02. The first-order chi connectivity index (χ1) is 15.1. The fraction of sp³-hybridized carbons (Fsp3) is 0.625. The van der Waals surface area contributed by atoms with Crippen molar-refractivity contribution in [1.82, 2.24) is 9.80 Å². The van der Waals surface area contributed by atoms with Gasteiger partial charge < -0.3 is 19.6 Å². The summed E-state index contributed by atoms with van der Waals surface area (Å²) in [5.41, 5.74) is 2.63. The highest BCUT2D eigenvalue weighted by Crippen LogP contribution is 2.36. The van der Waals surface area contributed by atoms with Crippen LogP contribution >= 0.6 is 0 Å². The molecule has 2 aliphatic carbocycles. The standard InChI is InChI=1S/C23H30N2O3.CH2O2/c26-22(24-9-3-4-10-24)18-7-8-21-20(15-18)25(11-12-28-21)23(27)19-13-16-5-1-2-6-17(16)14-19;2-1-3/h1-2,5-6,18-21H,3-4,7-15H2;1H,(H,2,3)/t18-,20+,21+;/m0./s1. The second-order valence-corrected chi connectivity index (χ2v) is 9.03. The third-order valence-electron chi connectivity index (χ3n) is 7.27. The highest BCUT2D eigenvalue weighted by molar-refractivity contribution is 5.82. The van der Waals surface area contributed by atoms with E-state index in [1.807, 2.05) is 4.90 Å². The predicted molar refractivity (Wildman–Crippen MR) is 114 cm³/mol. The minimum Gasteiger partial charge on any atom is -0.483 e. The number of ether oxygens (including phenoxy) is 1. The van der Waals surface area contributed by atoms with E-state index < -0.39 is 0 Å². The fourth-order valence-corrected chi connectivity index (χ4v) is 5.77. The summed E-state index contributed by atoms with van der Waals surface area (Å²) in [7, 11) is 0. The maximum absolute atomic E-state index is 13.4. The third kappa shape index (κ3) is 4.61. The van der Waals surface area contributed by atoms with Gasteiger partial charge in [-0.15, -0.1) is 0 Å². The van der Waals surface area contributed by atoms with E-state index in [2.05, 4.69) is 29.2 Å². The van der Waals surface area contributed by atoms with Gasteiger partial charge in [0.15, 0.2) is 0 Å². The number of carbonyl (C=O) groups excluding carboxylic acids is 2. The zero-order valence-electron chi connectivity index (χ0n) is 17.9. The number of carboxylic acid groups (broad SMARTS) is 1. The first-order valence-electron chi connectivity index (χ1n) is 11.5. The van der Waals surface area contributed by atoms with Crippen molar-refractivity contribution in [2.24, 2.45) is 11.8 Å². The average molecular weight is 429 g/mol. The molecule has 2 saturated heterocycles. The van der Waals surface area contributed by atoms with Crippen molar-refractivity contribution >= 4 is 18.3 Å². The van der Waals surface area contributed by atoms with Crippen LogP contribution in [0.4, 0.5) is 0 Å². The van der Waals surface area contributed by atoms with E-state index in [0.717, 1.165) is 58.0 Å². The van der Waals surface area contributed by atoms with Crippen LogP contribution in [-0.4, -0.2) is 71.6 Å². The molecule has 1 saturated carbocycles. The van der Waals surface area contributed by atoms with Crippen LogP contribution in [0.15, 0.2) is 24.3 Å². The molecular formula is C24H32N2O5. The van der Waals surface area contributed by atoms with Crippen LogP contribution < -0.4 is 0 Å². The van der Waals surface area contributed by atoms with Crippen LogP contribution in [0.3, 0.4) is 0 Å². The topological polar surface area (TPSA) is 87.2 Å². The van der Waals surface area contributed by atoms with Crippen LogP contribution in [0.2, 0.25) is 0 Å². The van der Waals surface area contributed by atoms with E-state index in [1.54, 1.807) is 0 Å². The zero-order chi connectivity index (χ0) is 21.8. The van der Waals surface area contributed by atoms with Crippen molar-refractivity contribution in [2.75, 3.05) is 26.2 Å². The molecule has 3 atom stereocenters. The Labute approximate surface area is 183 Å². The first kappa shape index (κ1) is 21.8. The van der Waals surface area contributed by atoms with Gasteiger partial charge in [0.05, 0.1) is 18.8 Å². The highest BCUT2D eigenvalue weighted by Gasteiger charge is 2.44. The van der Waals surface area contributed by atoms with E-state index in [9.17, 15) is 9.59 Å². The lowest BCUT2D eigenvalue weighted by Gasteiger charge is -2.46. The monoisotopic (exact) mass is 428 g/mol. The lowest BCUT2D eigenvalue weighted by Crippen LogP contribution is -2.58. The molecule has 1 aromatic rings. The fourth-order valence-electron chi connectivity index (χ4n) is 5.77. The molecule has 1 N–H and O–H groups in total. The molecule has 2 amide bonds. The summed E-state index contributed by atoms with van der Waals surface area (Å²) >= 11 is 0. The first-order valence-corrected chi connectivity index (χ1v) is 11.5. The molecular weight excluding hydrogens is 396 g/mol. The van der Waals surface area contributed by atoms with Gasteiger partial charge >= 0.3 is 0 Å². The molecule has 5 rings (SSSR count). The molecule has 0 spiro atoms. The van der Waals surface area contributed by atoms with Crippen LogP contribution in [-0.2, 0) is 32.0 Å². The maximum atomic E-state index is 13.4. The van der Waals surface area contributed by atoms with Gasteiger partial charge in [0.2, 0.25) is 11.8 Å². The van der Waals surface area contributed by atoms with E-state index in [1.165, 1.54) is 11.1 Å². The second kappa shape index (κ2) is 9.81. The van der Waals surface area contributed by atoms with Crippen molar-refractivity contribution < 1.29 is 24.2 Å². The van der Waals surface area contributed by atoms with Crippen LogP contribution in [0.5, 0.6) is 0 Å². The molecule has 4 aliphatic rings. The quantitative estimate of drug-likeness (QED) is 0.729. The Morgan fingerprint density at radius 2 is 1.61 bits per heavy atom. The largest absolute Gasteiger partial charge is 0.483 e. The Balaban J connectivity index is 0.000000730. The van der Waals surface area contributed by atoms with E-state index >= 15 is 0 Å². The number of fused-ring (bicyclic) bond motifs is 2. The molecule has 7 nitrogen and oxygen atoms in total. The number of likely N-dealkylation sites (tertiary alicyclic amines) is 1. The molecule has 1 aromatic carbocycles. The van der Waals surface area contributed by atoms with Gasteiger partial charge in [0.25, 0.3) is 6.47 Å². The van der Waals surface area contributed by atoms with Gasteiger partial charge in [-0.2, -0.15) is 0 Å². The lowest BCUT2D eigenvalue weighted by molar-refractivity contribution is -0.159. The summed E-state index contributed by atoms with van der Waals surface area (Å²) in [6.07, 6.45) is 6.60. The predicted octanol–water partition coefficient (Wildman–Crippen LogP) is 2.12. The van der Waals surface area contributed by atoms with Gasteiger partial charge in [0.1, 0.15) is 0 Å². The number of nitrogens with zero attached hydrogens (tertiary/aromatic N) is 2. The Morgan fingerprint density at radius 3 is 2.26 bits per heavy atom.